The zero-order valence-electron chi connectivity index (χ0n) is 10.6. The second-order valence-electron chi connectivity index (χ2n) is 4.03. The first-order chi connectivity index (χ1) is 8.36. The van der Waals surface area contributed by atoms with Gasteiger partial charge in [0.15, 0.2) is 0 Å². The van der Waals surface area contributed by atoms with Crippen LogP contribution in [0.25, 0.3) is 0 Å². The zero-order valence-corrected chi connectivity index (χ0v) is 10.6. The average molecular weight is 227 g/mol. The SMILES string of the molecule is C=CCN[C@H](C#Cc1ccccc1)CCCC. The van der Waals surface area contributed by atoms with E-state index in [1.54, 1.807) is 0 Å². The molecule has 0 fully saturated rings. The highest BCUT2D eigenvalue weighted by Crippen LogP contribution is 2.01. The van der Waals surface area contributed by atoms with Crippen molar-refractivity contribution in [2.24, 2.45) is 0 Å². The van der Waals surface area contributed by atoms with Crippen LogP contribution in [0.1, 0.15) is 31.7 Å². The standard InChI is InChI=1S/C16H21N/c1-3-5-11-16(17-14-4-2)13-12-15-9-7-6-8-10-15/h4,6-10,16-17H,2-3,5,11,14H2,1H3/t16-/m0/s1. The van der Waals surface area contributed by atoms with Gasteiger partial charge >= 0.3 is 0 Å². The molecule has 0 bridgehead atoms. The summed E-state index contributed by atoms with van der Waals surface area (Å²) < 4.78 is 0. The molecule has 0 unspecified atom stereocenters. The van der Waals surface area contributed by atoms with Crippen LogP contribution in [0, 0.1) is 11.8 Å². The minimum Gasteiger partial charge on any atom is -0.300 e. The Kier molecular flexibility index (Phi) is 6.86. The highest BCUT2D eigenvalue weighted by Gasteiger charge is 2.01. The summed E-state index contributed by atoms with van der Waals surface area (Å²) in [6.07, 6.45) is 5.39. The molecule has 0 aliphatic carbocycles. The predicted molar refractivity (Wildman–Crippen MR) is 74.8 cm³/mol. The van der Waals surface area contributed by atoms with Gasteiger partial charge in [0.1, 0.15) is 0 Å². The molecular weight excluding hydrogens is 206 g/mol. The number of hydrogen-bond donors (Lipinski definition) is 1. The van der Waals surface area contributed by atoms with E-state index in [1.807, 2.05) is 36.4 Å². The lowest BCUT2D eigenvalue weighted by Crippen LogP contribution is -2.27. The topological polar surface area (TPSA) is 12.0 Å². The van der Waals surface area contributed by atoms with Crippen molar-refractivity contribution in [3.05, 3.63) is 48.6 Å². The molecule has 0 aliphatic heterocycles. The molecule has 1 N–H and O–H groups in total. The molecule has 0 amide bonds. The third kappa shape index (κ3) is 5.94. The van der Waals surface area contributed by atoms with Gasteiger partial charge in [0.2, 0.25) is 0 Å². The molecule has 0 aliphatic rings. The van der Waals surface area contributed by atoms with Gasteiger partial charge in [0.25, 0.3) is 0 Å². The van der Waals surface area contributed by atoms with Crippen LogP contribution < -0.4 is 5.32 Å². The number of nitrogens with one attached hydrogen (secondary N) is 1. The number of rotatable bonds is 6. The Morgan fingerprint density at radius 1 is 1.35 bits per heavy atom. The van der Waals surface area contributed by atoms with E-state index in [0.29, 0.717) is 0 Å². The predicted octanol–water partition coefficient (Wildman–Crippen LogP) is 3.37. The Balaban J connectivity index is 2.58. The highest BCUT2D eigenvalue weighted by atomic mass is 14.9. The highest BCUT2D eigenvalue weighted by molar-refractivity contribution is 5.34. The summed E-state index contributed by atoms with van der Waals surface area (Å²) in [5.74, 6) is 6.51. The summed E-state index contributed by atoms with van der Waals surface area (Å²) >= 11 is 0. The molecule has 0 spiro atoms. The minimum atomic E-state index is 0.271. The molecule has 1 aromatic carbocycles. The minimum absolute atomic E-state index is 0.271. The average Bonchev–Trinajstić information content (AvgIpc) is 2.39. The lowest BCUT2D eigenvalue weighted by atomic mass is 10.1. The maximum atomic E-state index is 3.72. The lowest BCUT2D eigenvalue weighted by molar-refractivity contribution is 0.572. The fourth-order valence-electron chi connectivity index (χ4n) is 1.55. The van der Waals surface area contributed by atoms with Crippen molar-refractivity contribution in [3.63, 3.8) is 0 Å². The van der Waals surface area contributed by atoms with Crippen LogP contribution in [0.4, 0.5) is 0 Å². The van der Waals surface area contributed by atoms with E-state index in [0.717, 1.165) is 18.5 Å². The molecule has 17 heavy (non-hydrogen) atoms. The molecular formula is C16H21N. The largest absolute Gasteiger partial charge is 0.300 e. The molecule has 0 heterocycles. The molecule has 1 atom stereocenters. The van der Waals surface area contributed by atoms with Crippen molar-refractivity contribution >= 4 is 0 Å². The van der Waals surface area contributed by atoms with Crippen molar-refractivity contribution in [2.45, 2.75) is 32.2 Å². The van der Waals surface area contributed by atoms with Crippen LogP contribution in [0.15, 0.2) is 43.0 Å². The third-order valence-corrected chi connectivity index (χ3v) is 2.52. The smallest absolute Gasteiger partial charge is 0.0695 e. The molecule has 0 saturated heterocycles. The fraction of sp³-hybridized carbons (Fsp3) is 0.375. The molecule has 1 rings (SSSR count). The summed E-state index contributed by atoms with van der Waals surface area (Å²) in [5, 5.41) is 3.38. The van der Waals surface area contributed by atoms with Gasteiger partial charge in [-0.2, -0.15) is 0 Å². The maximum Gasteiger partial charge on any atom is 0.0695 e. The van der Waals surface area contributed by atoms with Crippen molar-refractivity contribution in [3.8, 4) is 11.8 Å². The molecule has 0 aromatic heterocycles. The second kappa shape index (κ2) is 8.61. The van der Waals surface area contributed by atoms with Gasteiger partial charge in [-0.1, -0.05) is 55.9 Å². The van der Waals surface area contributed by atoms with Crippen LogP contribution in [0.3, 0.4) is 0 Å². The first-order valence-corrected chi connectivity index (χ1v) is 6.27. The lowest BCUT2D eigenvalue weighted by Gasteiger charge is -2.10. The molecule has 0 saturated carbocycles. The first-order valence-electron chi connectivity index (χ1n) is 6.27. The van der Waals surface area contributed by atoms with Crippen LogP contribution >= 0.6 is 0 Å². The summed E-state index contributed by atoms with van der Waals surface area (Å²) in [6, 6.07) is 10.4. The molecule has 90 valence electrons. The van der Waals surface area contributed by atoms with Gasteiger partial charge in [-0.05, 0) is 18.6 Å². The van der Waals surface area contributed by atoms with Gasteiger partial charge in [-0.3, -0.25) is 0 Å². The first kappa shape index (κ1) is 13.5. The van der Waals surface area contributed by atoms with E-state index in [-0.39, 0.29) is 6.04 Å². The van der Waals surface area contributed by atoms with E-state index in [4.69, 9.17) is 0 Å². The van der Waals surface area contributed by atoms with Crippen molar-refractivity contribution in [1.82, 2.24) is 5.32 Å². The fourth-order valence-corrected chi connectivity index (χ4v) is 1.55. The molecule has 1 aromatic rings. The van der Waals surface area contributed by atoms with Crippen molar-refractivity contribution in [2.75, 3.05) is 6.54 Å². The normalized spacial score (nSPS) is 11.4. The third-order valence-electron chi connectivity index (χ3n) is 2.52. The Morgan fingerprint density at radius 3 is 2.76 bits per heavy atom. The Bertz CT molecular complexity index is 370. The zero-order chi connectivity index (χ0) is 12.3. The van der Waals surface area contributed by atoms with Gasteiger partial charge < -0.3 is 5.32 Å². The summed E-state index contributed by atoms with van der Waals surface area (Å²) in [6.45, 7) is 6.74. The quantitative estimate of drug-likeness (QED) is 0.580. The van der Waals surface area contributed by atoms with E-state index in [2.05, 4.69) is 30.7 Å². The maximum absolute atomic E-state index is 3.72. The summed E-state index contributed by atoms with van der Waals surface area (Å²) in [4.78, 5) is 0. The molecule has 0 radical (unpaired) electrons. The van der Waals surface area contributed by atoms with E-state index in [1.165, 1.54) is 12.8 Å². The molecule has 1 nitrogen and oxygen atoms in total. The van der Waals surface area contributed by atoms with E-state index < -0.39 is 0 Å². The Hall–Kier alpha value is -1.52. The Labute approximate surface area is 105 Å². The van der Waals surface area contributed by atoms with Crippen molar-refractivity contribution in [1.29, 1.82) is 0 Å². The number of unbranched alkanes of at least 4 members (excludes halogenated alkanes) is 1. The summed E-state index contributed by atoms with van der Waals surface area (Å²) in [5.41, 5.74) is 1.08. The summed E-state index contributed by atoms with van der Waals surface area (Å²) in [7, 11) is 0. The van der Waals surface area contributed by atoms with Crippen LogP contribution in [0.5, 0.6) is 0 Å². The van der Waals surface area contributed by atoms with E-state index in [9.17, 15) is 0 Å². The van der Waals surface area contributed by atoms with E-state index >= 15 is 0 Å². The molecule has 1 heteroatoms. The van der Waals surface area contributed by atoms with Crippen LogP contribution in [-0.4, -0.2) is 12.6 Å². The second-order valence-corrected chi connectivity index (χ2v) is 4.03. The number of benzene rings is 1. The van der Waals surface area contributed by atoms with Crippen LogP contribution in [0.2, 0.25) is 0 Å². The van der Waals surface area contributed by atoms with Gasteiger partial charge in [0, 0.05) is 12.1 Å². The van der Waals surface area contributed by atoms with Crippen molar-refractivity contribution < 1.29 is 0 Å². The number of hydrogen-bond acceptors (Lipinski definition) is 1. The van der Waals surface area contributed by atoms with Crippen LogP contribution in [-0.2, 0) is 0 Å². The van der Waals surface area contributed by atoms with Gasteiger partial charge in [-0.25, -0.2) is 0 Å². The monoisotopic (exact) mass is 227 g/mol. The Morgan fingerprint density at radius 2 is 2.12 bits per heavy atom. The van der Waals surface area contributed by atoms with Gasteiger partial charge in [-0.15, -0.1) is 6.58 Å². The van der Waals surface area contributed by atoms with Gasteiger partial charge in [0.05, 0.1) is 6.04 Å².